The molecule has 4 N–H and O–H groups in total. The van der Waals surface area contributed by atoms with Gasteiger partial charge in [0.25, 0.3) is 0 Å². The van der Waals surface area contributed by atoms with Crippen LogP contribution >= 0.6 is 0 Å². The van der Waals surface area contributed by atoms with Gasteiger partial charge < -0.3 is 24.7 Å². The Kier molecular flexibility index (Phi) is 8.68. The molecule has 1 rings (SSSR count). The highest BCUT2D eigenvalue weighted by atomic mass is 28.4. The second kappa shape index (κ2) is 9.97. The number of hydrogen-bond donors (Lipinski definition) is 2. The molecule has 0 amide bonds. The maximum atomic E-state index is 6.53. The Hall–Kier alpha value is -1.02. The zero-order valence-electron chi connectivity index (χ0n) is 14.3. The lowest BCUT2D eigenvalue weighted by atomic mass is 10.0. The van der Waals surface area contributed by atoms with E-state index in [2.05, 4.69) is 6.58 Å². The molecule has 6 heteroatoms. The van der Waals surface area contributed by atoms with E-state index >= 15 is 0 Å². The minimum absolute atomic E-state index is 0.371. The van der Waals surface area contributed by atoms with Crippen LogP contribution in [0.4, 0.5) is 0 Å². The summed E-state index contributed by atoms with van der Waals surface area (Å²) in [7, 11) is -1.28. The van der Waals surface area contributed by atoms with Crippen molar-refractivity contribution in [2.45, 2.75) is 38.0 Å². The van der Waals surface area contributed by atoms with Gasteiger partial charge in [-0.05, 0) is 24.9 Å². The summed E-state index contributed by atoms with van der Waals surface area (Å²) in [6, 6.07) is 10.7. The summed E-state index contributed by atoms with van der Waals surface area (Å²) in [4.78, 5) is 0. The molecule has 0 radical (unpaired) electrons. The lowest BCUT2D eigenvalue weighted by Gasteiger charge is -2.38. The fraction of sp³-hybridized carbons (Fsp3) is 0.529. The zero-order chi connectivity index (χ0) is 17.2. The normalized spacial score (nSPS) is 16.5. The van der Waals surface area contributed by atoms with Gasteiger partial charge in [0.15, 0.2) is 0 Å². The molecule has 0 saturated carbocycles. The first-order valence-corrected chi connectivity index (χ1v) is 9.99. The van der Waals surface area contributed by atoms with E-state index in [9.17, 15) is 0 Å². The Labute approximate surface area is 141 Å². The van der Waals surface area contributed by atoms with Gasteiger partial charge in [-0.25, -0.2) is 0 Å². The topological polar surface area (TPSA) is 79.7 Å². The van der Waals surface area contributed by atoms with Gasteiger partial charge in [0.05, 0.1) is 6.61 Å². The van der Waals surface area contributed by atoms with Crippen LogP contribution < -0.4 is 11.5 Å². The SMILES string of the molecule is C=CCO[Si](CCCN)(OC)OC(N)(CC)Cc1ccccc1. The summed E-state index contributed by atoms with van der Waals surface area (Å²) >= 11 is 0. The van der Waals surface area contributed by atoms with Crippen molar-refractivity contribution in [2.24, 2.45) is 11.5 Å². The van der Waals surface area contributed by atoms with Gasteiger partial charge in [0, 0.05) is 19.6 Å². The molecule has 1 aromatic rings. The molecule has 0 aliphatic rings. The number of benzene rings is 1. The highest BCUT2D eigenvalue weighted by Crippen LogP contribution is 2.26. The fourth-order valence-corrected chi connectivity index (χ4v) is 4.90. The third-order valence-electron chi connectivity index (χ3n) is 3.72. The molecule has 0 fully saturated rings. The average molecular weight is 339 g/mol. The Bertz CT molecular complexity index is 460. The van der Waals surface area contributed by atoms with E-state index in [1.54, 1.807) is 13.2 Å². The van der Waals surface area contributed by atoms with Crippen molar-refractivity contribution in [1.82, 2.24) is 0 Å². The average Bonchev–Trinajstić information content (AvgIpc) is 2.58. The molecule has 0 aliphatic carbocycles. The molecule has 0 bridgehead atoms. The van der Waals surface area contributed by atoms with Crippen LogP contribution in [-0.4, -0.2) is 34.8 Å². The van der Waals surface area contributed by atoms with E-state index in [-0.39, 0.29) is 0 Å². The van der Waals surface area contributed by atoms with Gasteiger partial charge in [-0.15, -0.1) is 6.58 Å². The quantitative estimate of drug-likeness (QED) is 0.348. The van der Waals surface area contributed by atoms with Crippen molar-refractivity contribution in [3.63, 3.8) is 0 Å². The summed E-state index contributed by atoms with van der Waals surface area (Å²) in [6.07, 6.45) is 3.71. The predicted octanol–water partition coefficient (Wildman–Crippen LogP) is 2.45. The molecule has 0 aliphatic heterocycles. The Balaban J connectivity index is 2.92. The molecule has 23 heavy (non-hydrogen) atoms. The van der Waals surface area contributed by atoms with Crippen LogP contribution in [0.15, 0.2) is 43.0 Å². The van der Waals surface area contributed by atoms with Gasteiger partial charge >= 0.3 is 8.80 Å². The Morgan fingerprint density at radius 3 is 2.52 bits per heavy atom. The number of nitrogens with two attached hydrogens (primary N) is 2. The number of rotatable bonds is 12. The largest absolute Gasteiger partial charge is 0.502 e. The number of hydrogen-bond acceptors (Lipinski definition) is 5. The maximum absolute atomic E-state index is 6.53. The van der Waals surface area contributed by atoms with Gasteiger partial charge in [-0.3, -0.25) is 0 Å². The van der Waals surface area contributed by atoms with Crippen LogP contribution in [0.5, 0.6) is 0 Å². The molecule has 130 valence electrons. The maximum Gasteiger partial charge on any atom is 0.502 e. The first-order chi connectivity index (χ1) is 11.0. The lowest BCUT2D eigenvalue weighted by Crippen LogP contribution is -2.57. The molecule has 2 atom stereocenters. The van der Waals surface area contributed by atoms with Crippen molar-refractivity contribution in [3.8, 4) is 0 Å². The minimum atomic E-state index is -2.90. The van der Waals surface area contributed by atoms with E-state index in [0.717, 1.165) is 12.0 Å². The van der Waals surface area contributed by atoms with Gasteiger partial charge in [0.2, 0.25) is 0 Å². The van der Waals surface area contributed by atoms with E-state index in [1.807, 2.05) is 37.3 Å². The van der Waals surface area contributed by atoms with Crippen molar-refractivity contribution >= 4 is 8.80 Å². The predicted molar refractivity (Wildman–Crippen MR) is 95.8 cm³/mol. The molecule has 0 aromatic heterocycles. The van der Waals surface area contributed by atoms with Crippen LogP contribution in [0.2, 0.25) is 6.04 Å². The molecule has 0 saturated heterocycles. The summed E-state index contributed by atoms with van der Waals surface area (Å²) in [5.41, 5.74) is 12.5. The van der Waals surface area contributed by atoms with E-state index in [4.69, 9.17) is 24.7 Å². The van der Waals surface area contributed by atoms with Gasteiger partial charge in [0.1, 0.15) is 5.72 Å². The van der Waals surface area contributed by atoms with Crippen LogP contribution in [0.1, 0.15) is 25.3 Å². The van der Waals surface area contributed by atoms with Crippen LogP contribution in [0.25, 0.3) is 0 Å². The molecule has 1 aromatic carbocycles. The van der Waals surface area contributed by atoms with Crippen molar-refractivity contribution in [1.29, 1.82) is 0 Å². The van der Waals surface area contributed by atoms with Crippen molar-refractivity contribution < 1.29 is 13.3 Å². The molecule has 0 spiro atoms. The van der Waals surface area contributed by atoms with E-state index < -0.39 is 14.5 Å². The van der Waals surface area contributed by atoms with Crippen LogP contribution in [0, 0.1) is 0 Å². The minimum Gasteiger partial charge on any atom is -0.377 e. The summed E-state index contributed by atoms with van der Waals surface area (Å²) < 4.78 is 17.9. The highest BCUT2D eigenvalue weighted by molar-refractivity contribution is 6.60. The fourth-order valence-electron chi connectivity index (χ4n) is 2.34. The van der Waals surface area contributed by atoms with E-state index in [1.165, 1.54) is 0 Å². The smallest absolute Gasteiger partial charge is 0.377 e. The molecule has 0 heterocycles. The van der Waals surface area contributed by atoms with Crippen molar-refractivity contribution in [3.05, 3.63) is 48.6 Å². The molecular weight excluding hydrogens is 308 g/mol. The molecular formula is C17H30N2O3Si. The third-order valence-corrected chi connectivity index (χ3v) is 6.63. The van der Waals surface area contributed by atoms with E-state index in [0.29, 0.717) is 32.0 Å². The zero-order valence-corrected chi connectivity index (χ0v) is 15.3. The standard InChI is InChI=1S/C17H30N2O3Si/c1-4-13-21-23(20-3,14-9-12-18)22-17(19,5-2)15-16-10-7-6-8-11-16/h4,6-8,10-11H,1,5,9,12-15,18-19H2,2-3H3. The molecule has 5 nitrogen and oxygen atoms in total. The molecule has 2 unspecified atom stereocenters. The van der Waals surface area contributed by atoms with Gasteiger partial charge in [-0.2, -0.15) is 0 Å². The van der Waals surface area contributed by atoms with Crippen LogP contribution in [-0.2, 0) is 19.7 Å². The third kappa shape index (κ3) is 6.54. The van der Waals surface area contributed by atoms with Crippen LogP contribution in [0.3, 0.4) is 0 Å². The second-order valence-corrected chi connectivity index (χ2v) is 8.33. The monoisotopic (exact) mass is 338 g/mol. The lowest BCUT2D eigenvalue weighted by molar-refractivity contribution is -0.0211. The summed E-state index contributed by atoms with van der Waals surface area (Å²) in [5, 5.41) is 0. The summed E-state index contributed by atoms with van der Waals surface area (Å²) in [6.45, 7) is 6.63. The first kappa shape index (κ1) is 20.0. The first-order valence-electron chi connectivity index (χ1n) is 8.06. The Morgan fingerprint density at radius 2 is 2.00 bits per heavy atom. The van der Waals surface area contributed by atoms with Gasteiger partial charge in [-0.1, -0.05) is 43.3 Å². The van der Waals surface area contributed by atoms with Crippen molar-refractivity contribution in [2.75, 3.05) is 20.3 Å². The highest BCUT2D eigenvalue weighted by Gasteiger charge is 2.45. The Morgan fingerprint density at radius 1 is 1.30 bits per heavy atom. The second-order valence-electron chi connectivity index (χ2n) is 5.56. The summed E-state index contributed by atoms with van der Waals surface area (Å²) in [5.74, 6) is 0.